The molecular weight excluding hydrogens is 246 g/mol. The third kappa shape index (κ3) is 2.59. The van der Waals surface area contributed by atoms with Crippen molar-refractivity contribution < 1.29 is 4.79 Å². The summed E-state index contributed by atoms with van der Waals surface area (Å²) in [6.07, 6.45) is 0.804. The van der Waals surface area contributed by atoms with Crippen molar-refractivity contribution in [1.29, 1.82) is 0 Å². The Morgan fingerprint density at radius 3 is 2.67 bits per heavy atom. The molecule has 0 spiro atoms. The first kappa shape index (κ1) is 12.8. The molecule has 1 aromatic heterocycles. The minimum atomic E-state index is -0.0844. The highest BCUT2D eigenvalue weighted by Gasteiger charge is 2.14. The maximum atomic E-state index is 12.3. The summed E-state index contributed by atoms with van der Waals surface area (Å²) in [7, 11) is 0. The molecule has 3 heteroatoms. The minimum Gasteiger partial charge on any atom is -0.288 e. The van der Waals surface area contributed by atoms with Gasteiger partial charge >= 0.3 is 0 Å². The Balaban J connectivity index is 2.40. The molecule has 0 radical (unpaired) electrons. The van der Waals surface area contributed by atoms with Crippen LogP contribution in [0, 0.1) is 6.92 Å². The predicted octanol–water partition coefficient (Wildman–Crippen LogP) is 3.84. The van der Waals surface area contributed by atoms with E-state index in [4.69, 9.17) is 11.6 Å². The second-order valence-corrected chi connectivity index (χ2v) is 4.55. The summed E-state index contributed by atoms with van der Waals surface area (Å²) in [6, 6.07) is 11.1. The molecule has 92 valence electrons. The van der Waals surface area contributed by atoms with Crippen molar-refractivity contribution in [1.82, 2.24) is 4.98 Å². The van der Waals surface area contributed by atoms with Gasteiger partial charge in [-0.25, -0.2) is 4.98 Å². The molecule has 1 heterocycles. The molecule has 2 nitrogen and oxygen atoms in total. The number of rotatable bonds is 3. The average Bonchev–Trinajstić information content (AvgIpc) is 2.37. The largest absolute Gasteiger partial charge is 0.288 e. The van der Waals surface area contributed by atoms with Crippen LogP contribution in [0.15, 0.2) is 36.4 Å². The maximum absolute atomic E-state index is 12.3. The van der Waals surface area contributed by atoms with Crippen molar-refractivity contribution in [3.63, 3.8) is 0 Å². The normalized spacial score (nSPS) is 10.4. The van der Waals surface area contributed by atoms with Crippen LogP contribution < -0.4 is 0 Å². The van der Waals surface area contributed by atoms with Crippen molar-refractivity contribution >= 4 is 17.4 Å². The molecule has 2 aromatic rings. The highest BCUT2D eigenvalue weighted by atomic mass is 35.5. The Labute approximate surface area is 112 Å². The van der Waals surface area contributed by atoms with E-state index in [1.54, 1.807) is 12.1 Å². The van der Waals surface area contributed by atoms with Gasteiger partial charge < -0.3 is 0 Å². The van der Waals surface area contributed by atoms with Crippen LogP contribution in [-0.2, 0) is 6.42 Å². The summed E-state index contributed by atoms with van der Waals surface area (Å²) >= 11 is 6.06. The van der Waals surface area contributed by atoms with Crippen molar-refractivity contribution in [2.24, 2.45) is 0 Å². The van der Waals surface area contributed by atoms with Gasteiger partial charge in [-0.3, -0.25) is 4.79 Å². The van der Waals surface area contributed by atoms with Crippen LogP contribution in [0.25, 0.3) is 0 Å². The number of hydrogen-bond acceptors (Lipinski definition) is 2. The van der Waals surface area contributed by atoms with Gasteiger partial charge in [-0.15, -0.1) is 0 Å². The number of aryl methyl sites for hydroxylation is 2. The van der Waals surface area contributed by atoms with Gasteiger partial charge in [-0.1, -0.05) is 42.3 Å². The molecule has 0 aliphatic rings. The number of hydrogen-bond donors (Lipinski definition) is 0. The lowest BCUT2D eigenvalue weighted by Gasteiger charge is -2.05. The Morgan fingerprint density at radius 1 is 1.28 bits per heavy atom. The predicted molar refractivity (Wildman–Crippen MR) is 73.2 cm³/mol. The Kier molecular flexibility index (Phi) is 3.78. The summed E-state index contributed by atoms with van der Waals surface area (Å²) < 4.78 is 0. The molecule has 0 amide bonds. The summed E-state index contributed by atoms with van der Waals surface area (Å²) in [5, 5.41) is 0.279. The van der Waals surface area contributed by atoms with Crippen molar-refractivity contribution in [3.8, 4) is 0 Å². The molecule has 0 bridgehead atoms. The van der Waals surface area contributed by atoms with Gasteiger partial charge in [0.05, 0.1) is 5.56 Å². The van der Waals surface area contributed by atoms with Crippen molar-refractivity contribution in [2.75, 3.05) is 0 Å². The van der Waals surface area contributed by atoms with E-state index < -0.39 is 0 Å². The smallest absolute Gasteiger partial charge is 0.196 e. The van der Waals surface area contributed by atoms with Gasteiger partial charge in [0, 0.05) is 11.3 Å². The monoisotopic (exact) mass is 259 g/mol. The number of pyridine rings is 1. The van der Waals surface area contributed by atoms with Crippen LogP contribution in [0.1, 0.15) is 34.1 Å². The van der Waals surface area contributed by atoms with E-state index in [-0.39, 0.29) is 10.9 Å². The first-order chi connectivity index (χ1) is 8.61. The fourth-order valence-electron chi connectivity index (χ4n) is 1.78. The van der Waals surface area contributed by atoms with Gasteiger partial charge in [0.25, 0.3) is 0 Å². The number of aromatic nitrogens is 1. The number of carbonyl (C=O) groups excluding carboxylic acids is 1. The molecule has 0 saturated carbocycles. The number of ketones is 1. The molecule has 0 unspecified atom stereocenters. The minimum absolute atomic E-state index is 0.0844. The fourth-order valence-corrected chi connectivity index (χ4v) is 2.04. The third-order valence-electron chi connectivity index (χ3n) is 2.79. The second kappa shape index (κ2) is 5.32. The SMILES string of the molecule is CCc1ccc(C(=O)c2cccc(C)c2)c(Cl)n1. The zero-order valence-corrected chi connectivity index (χ0v) is 11.2. The van der Waals surface area contributed by atoms with Crippen LogP contribution in [0.5, 0.6) is 0 Å². The summed E-state index contributed by atoms with van der Waals surface area (Å²) in [5.74, 6) is -0.0844. The third-order valence-corrected chi connectivity index (χ3v) is 3.08. The van der Waals surface area contributed by atoms with E-state index in [1.165, 1.54) is 0 Å². The van der Waals surface area contributed by atoms with E-state index in [0.29, 0.717) is 11.1 Å². The lowest BCUT2D eigenvalue weighted by atomic mass is 10.0. The number of halogens is 1. The van der Waals surface area contributed by atoms with Crippen molar-refractivity contribution in [2.45, 2.75) is 20.3 Å². The topological polar surface area (TPSA) is 30.0 Å². The lowest BCUT2D eigenvalue weighted by Crippen LogP contribution is -2.04. The Hall–Kier alpha value is -1.67. The molecule has 18 heavy (non-hydrogen) atoms. The quantitative estimate of drug-likeness (QED) is 0.619. The molecule has 0 atom stereocenters. The molecule has 2 rings (SSSR count). The van der Waals surface area contributed by atoms with E-state index in [9.17, 15) is 4.79 Å². The van der Waals surface area contributed by atoms with Crippen LogP contribution >= 0.6 is 11.6 Å². The summed E-state index contributed by atoms with van der Waals surface area (Å²) in [5.41, 5.74) is 3.04. The average molecular weight is 260 g/mol. The van der Waals surface area contributed by atoms with Gasteiger partial charge in [0.1, 0.15) is 5.15 Å². The number of carbonyl (C=O) groups is 1. The number of benzene rings is 1. The lowest BCUT2D eigenvalue weighted by molar-refractivity contribution is 0.103. The Morgan fingerprint density at radius 2 is 2.06 bits per heavy atom. The van der Waals surface area contributed by atoms with E-state index in [1.807, 2.05) is 38.1 Å². The zero-order valence-electron chi connectivity index (χ0n) is 10.4. The Bertz CT molecular complexity index is 593. The van der Waals surface area contributed by atoms with E-state index in [2.05, 4.69) is 4.98 Å². The van der Waals surface area contributed by atoms with Gasteiger partial charge in [0.15, 0.2) is 5.78 Å². The van der Waals surface area contributed by atoms with Gasteiger partial charge in [0.2, 0.25) is 0 Å². The first-order valence-electron chi connectivity index (χ1n) is 5.88. The van der Waals surface area contributed by atoms with Crippen molar-refractivity contribution in [3.05, 3.63) is 63.9 Å². The van der Waals surface area contributed by atoms with Crippen LogP contribution in [-0.4, -0.2) is 10.8 Å². The fraction of sp³-hybridized carbons (Fsp3) is 0.200. The van der Waals surface area contributed by atoms with Crippen LogP contribution in [0.3, 0.4) is 0 Å². The van der Waals surface area contributed by atoms with Crippen LogP contribution in [0.2, 0.25) is 5.15 Å². The highest BCUT2D eigenvalue weighted by Crippen LogP contribution is 2.19. The maximum Gasteiger partial charge on any atom is 0.196 e. The molecule has 1 aromatic carbocycles. The van der Waals surface area contributed by atoms with Crippen LogP contribution in [0.4, 0.5) is 0 Å². The standard InChI is InChI=1S/C15H14ClNO/c1-3-12-7-8-13(15(16)17-12)14(18)11-6-4-5-10(2)9-11/h4-9H,3H2,1-2H3. The molecule has 0 saturated heterocycles. The summed E-state index contributed by atoms with van der Waals surface area (Å²) in [4.78, 5) is 16.5. The zero-order chi connectivity index (χ0) is 13.1. The molecule has 0 aliphatic heterocycles. The van der Waals surface area contributed by atoms with Gasteiger partial charge in [-0.2, -0.15) is 0 Å². The molecule has 0 fully saturated rings. The number of nitrogens with zero attached hydrogens (tertiary/aromatic N) is 1. The summed E-state index contributed by atoms with van der Waals surface area (Å²) in [6.45, 7) is 3.96. The highest BCUT2D eigenvalue weighted by molar-refractivity contribution is 6.33. The molecule has 0 N–H and O–H groups in total. The molecular formula is C15H14ClNO. The first-order valence-corrected chi connectivity index (χ1v) is 6.26. The van der Waals surface area contributed by atoms with E-state index in [0.717, 1.165) is 17.7 Å². The molecule has 0 aliphatic carbocycles. The van der Waals surface area contributed by atoms with Gasteiger partial charge in [-0.05, 0) is 31.5 Å². The second-order valence-electron chi connectivity index (χ2n) is 4.19. The van der Waals surface area contributed by atoms with E-state index >= 15 is 0 Å².